The Labute approximate surface area is 181 Å². The number of halogens is 1. The lowest BCUT2D eigenvalue weighted by Crippen LogP contribution is -2.37. The summed E-state index contributed by atoms with van der Waals surface area (Å²) in [5.41, 5.74) is 2.65. The number of nitrogens with zero attached hydrogens (tertiary/aromatic N) is 3. The molecule has 0 bridgehead atoms. The van der Waals surface area contributed by atoms with Crippen LogP contribution in [0.5, 0.6) is 0 Å². The van der Waals surface area contributed by atoms with E-state index in [2.05, 4.69) is 4.40 Å². The number of amidine groups is 1. The predicted molar refractivity (Wildman–Crippen MR) is 119 cm³/mol. The number of rotatable bonds is 2. The minimum Gasteiger partial charge on any atom is -0.354 e. The first kappa shape index (κ1) is 21.2. The molecule has 0 aromatic heterocycles. The van der Waals surface area contributed by atoms with Gasteiger partial charge in [-0.25, -0.2) is 4.39 Å². The van der Waals surface area contributed by atoms with Gasteiger partial charge in [0.05, 0.1) is 0 Å². The van der Waals surface area contributed by atoms with Crippen molar-refractivity contribution in [3.63, 3.8) is 0 Å². The van der Waals surface area contributed by atoms with Crippen LogP contribution in [-0.4, -0.2) is 56.1 Å². The smallest absolute Gasteiger partial charge is 0.285 e. The molecule has 2 aromatic rings. The highest BCUT2D eigenvalue weighted by atomic mass is 32.2. The van der Waals surface area contributed by atoms with Gasteiger partial charge in [0.15, 0.2) is 0 Å². The van der Waals surface area contributed by atoms with Crippen molar-refractivity contribution in [2.45, 2.75) is 20.3 Å². The molecule has 0 saturated carbocycles. The molecule has 2 aliphatic rings. The van der Waals surface area contributed by atoms with E-state index in [0.29, 0.717) is 55.1 Å². The number of sulfonamides is 1. The Balaban J connectivity index is 1.55. The van der Waals surface area contributed by atoms with Crippen molar-refractivity contribution < 1.29 is 17.6 Å². The minimum atomic E-state index is -3.87. The number of amides is 1. The maximum atomic E-state index is 13.3. The van der Waals surface area contributed by atoms with E-state index in [9.17, 15) is 17.6 Å². The summed E-state index contributed by atoms with van der Waals surface area (Å²) >= 11 is 0. The van der Waals surface area contributed by atoms with E-state index in [-0.39, 0.29) is 10.8 Å². The molecule has 0 aliphatic carbocycles. The van der Waals surface area contributed by atoms with E-state index < -0.39 is 15.8 Å². The van der Waals surface area contributed by atoms with E-state index in [1.165, 1.54) is 24.3 Å². The molecule has 2 aliphatic heterocycles. The summed E-state index contributed by atoms with van der Waals surface area (Å²) in [5, 5.41) is 0. The molecule has 1 saturated heterocycles. The third kappa shape index (κ3) is 4.25. The normalized spacial score (nSPS) is 18.7. The molecular formula is C23H24FN3O3S. The summed E-state index contributed by atoms with van der Waals surface area (Å²) in [6.07, 6.45) is 0.704. The highest BCUT2D eigenvalue weighted by Crippen LogP contribution is 2.34. The minimum absolute atomic E-state index is 0.0224. The van der Waals surface area contributed by atoms with Crippen LogP contribution < -0.4 is 0 Å². The molecule has 0 radical (unpaired) electrons. The van der Waals surface area contributed by atoms with Gasteiger partial charge in [-0.15, -0.1) is 4.40 Å². The second kappa shape index (κ2) is 8.26. The predicted octanol–water partition coefficient (Wildman–Crippen LogP) is 3.46. The second-order valence-electron chi connectivity index (χ2n) is 7.85. The molecule has 6 nitrogen and oxygen atoms in total. The van der Waals surface area contributed by atoms with Gasteiger partial charge >= 0.3 is 0 Å². The summed E-state index contributed by atoms with van der Waals surface area (Å²) < 4.78 is 42.8. The first-order chi connectivity index (χ1) is 14.8. The zero-order valence-corrected chi connectivity index (χ0v) is 18.3. The SMILES string of the molecule is CC1=C(c2ccc(F)cc2)S(=O)(=O)N=C1N1CCCN(C(=O)c2cccc(C)c2)CC1. The van der Waals surface area contributed by atoms with Crippen molar-refractivity contribution in [2.75, 3.05) is 26.2 Å². The van der Waals surface area contributed by atoms with Crippen molar-refractivity contribution in [3.05, 3.63) is 76.6 Å². The van der Waals surface area contributed by atoms with Gasteiger partial charge in [-0.1, -0.05) is 29.8 Å². The fourth-order valence-corrected chi connectivity index (χ4v) is 5.56. The number of carbonyl (C=O) groups excluding carboxylic acids is 1. The average Bonchev–Trinajstić information content (AvgIpc) is 2.89. The molecule has 0 spiro atoms. The van der Waals surface area contributed by atoms with Crippen molar-refractivity contribution in [2.24, 2.45) is 4.40 Å². The highest BCUT2D eigenvalue weighted by molar-refractivity contribution is 8.00. The van der Waals surface area contributed by atoms with Crippen LogP contribution in [0.4, 0.5) is 4.39 Å². The molecule has 0 unspecified atom stereocenters. The maximum Gasteiger partial charge on any atom is 0.285 e. The Morgan fingerprint density at radius 3 is 2.45 bits per heavy atom. The number of benzene rings is 2. The quantitative estimate of drug-likeness (QED) is 0.716. The summed E-state index contributed by atoms with van der Waals surface area (Å²) in [6, 6.07) is 12.9. The van der Waals surface area contributed by atoms with Crippen LogP contribution in [-0.2, 0) is 10.0 Å². The third-order valence-electron chi connectivity index (χ3n) is 5.59. The summed E-state index contributed by atoms with van der Waals surface area (Å²) in [6.45, 7) is 5.83. The van der Waals surface area contributed by atoms with Gasteiger partial charge in [0.1, 0.15) is 16.6 Å². The molecule has 1 fully saturated rings. The Morgan fingerprint density at radius 1 is 1.00 bits per heavy atom. The molecule has 0 N–H and O–H groups in total. The van der Waals surface area contributed by atoms with E-state index in [4.69, 9.17) is 0 Å². The highest BCUT2D eigenvalue weighted by Gasteiger charge is 2.34. The molecule has 1 amide bonds. The molecule has 162 valence electrons. The van der Waals surface area contributed by atoms with Gasteiger partial charge in [0.2, 0.25) is 0 Å². The Morgan fingerprint density at radius 2 is 1.74 bits per heavy atom. The van der Waals surface area contributed by atoms with Crippen molar-refractivity contribution in [1.82, 2.24) is 9.80 Å². The van der Waals surface area contributed by atoms with E-state index in [0.717, 1.165) is 5.56 Å². The second-order valence-corrected chi connectivity index (χ2v) is 9.39. The lowest BCUT2D eigenvalue weighted by molar-refractivity contribution is 0.0764. The van der Waals surface area contributed by atoms with Crippen LogP contribution in [0.1, 0.15) is 34.8 Å². The number of hydrogen-bond acceptors (Lipinski definition) is 4. The average molecular weight is 442 g/mol. The molecule has 0 atom stereocenters. The van der Waals surface area contributed by atoms with Crippen LogP contribution in [0.15, 0.2) is 58.5 Å². The van der Waals surface area contributed by atoms with Gasteiger partial charge in [-0.3, -0.25) is 4.79 Å². The Kier molecular flexibility index (Phi) is 5.66. The van der Waals surface area contributed by atoms with Gasteiger partial charge in [-0.2, -0.15) is 8.42 Å². The molecule has 8 heteroatoms. The largest absolute Gasteiger partial charge is 0.354 e. The fraction of sp³-hybridized carbons (Fsp3) is 0.304. The number of carbonyl (C=O) groups is 1. The standard InChI is InChI=1S/C23H24FN3O3S/c1-16-5-3-6-19(15-16)23(28)27-12-4-11-26(13-14-27)22-17(2)21(31(29,30)25-22)18-7-9-20(24)10-8-18/h3,5-10,15H,4,11-14H2,1-2H3. The van der Waals surface area contributed by atoms with E-state index >= 15 is 0 Å². The lowest BCUT2D eigenvalue weighted by atomic mass is 10.1. The van der Waals surface area contributed by atoms with Gasteiger partial charge < -0.3 is 9.80 Å². The van der Waals surface area contributed by atoms with Crippen LogP contribution >= 0.6 is 0 Å². The third-order valence-corrected chi connectivity index (χ3v) is 7.07. The van der Waals surface area contributed by atoms with Gasteiger partial charge in [-0.05, 0) is 50.1 Å². The zero-order valence-electron chi connectivity index (χ0n) is 17.5. The molecule has 31 heavy (non-hydrogen) atoms. The van der Waals surface area contributed by atoms with Crippen LogP contribution in [0.25, 0.3) is 4.91 Å². The monoisotopic (exact) mass is 441 g/mol. The molecule has 2 aromatic carbocycles. The fourth-order valence-electron chi connectivity index (χ4n) is 4.08. The van der Waals surface area contributed by atoms with Crippen LogP contribution in [0.3, 0.4) is 0 Å². The number of aryl methyl sites for hydroxylation is 1. The molecular weight excluding hydrogens is 417 g/mol. The first-order valence-corrected chi connectivity index (χ1v) is 11.6. The van der Waals surface area contributed by atoms with E-state index in [1.54, 1.807) is 11.8 Å². The summed E-state index contributed by atoms with van der Waals surface area (Å²) in [7, 11) is -3.87. The van der Waals surface area contributed by atoms with E-state index in [1.807, 2.05) is 36.1 Å². The van der Waals surface area contributed by atoms with Crippen molar-refractivity contribution >= 4 is 26.7 Å². The number of hydrogen-bond donors (Lipinski definition) is 0. The summed E-state index contributed by atoms with van der Waals surface area (Å²) in [5.74, 6) is -0.0422. The maximum absolute atomic E-state index is 13.3. The summed E-state index contributed by atoms with van der Waals surface area (Å²) in [4.78, 5) is 16.7. The van der Waals surface area contributed by atoms with Gasteiger partial charge in [0.25, 0.3) is 15.9 Å². The molecule has 2 heterocycles. The topological polar surface area (TPSA) is 70.1 Å². The first-order valence-electron chi connectivity index (χ1n) is 10.2. The Bertz CT molecular complexity index is 1190. The van der Waals surface area contributed by atoms with Gasteiger partial charge in [0, 0.05) is 37.3 Å². The van der Waals surface area contributed by atoms with Crippen LogP contribution in [0, 0.1) is 12.7 Å². The van der Waals surface area contributed by atoms with Crippen LogP contribution in [0.2, 0.25) is 0 Å². The Hall–Kier alpha value is -3.00. The van der Waals surface area contributed by atoms with Crippen molar-refractivity contribution in [3.8, 4) is 0 Å². The zero-order chi connectivity index (χ0) is 22.2. The molecule has 4 rings (SSSR count). The lowest BCUT2D eigenvalue weighted by Gasteiger charge is -2.24. The van der Waals surface area contributed by atoms with Crippen molar-refractivity contribution in [1.29, 1.82) is 0 Å².